The number of carbonyl (C=O) groups excluding carboxylic acids is 1. The summed E-state index contributed by atoms with van der Waals surface area (Å²) in [7, 11) is 6.60. The quantitative estimate of drug-likeness (QED) is 0.577. The van der Waals surface area contributed by atoms with E-state index in [9.17, 15) is 14.7 Å². The highest BCUT2D eigenvalue weighted by Crippen LogP contribution is 2.31. The summed E-state index contributed by atoms with van der Waals surface area (Å²) >= 11 is 0. The normalized spacial score (nSPS) is 13.6. The summed E-state index contributed by atoms with van der Waals surface area (Å²) in [5.74, 6) is -2.73. The van der Waals surface area contributed by atoms with Gasteiger partial charge in [0, 0.05) is 5.56 Å². The number of aliphatic carboxylic acids is 2. The molecule has 1 rings (SSSR count). The predicted octanol–water partition coefficient (Wildman–Crippen LogP) is 2.55. The molecule has 5 nitrogen and oxygen atoms in total. The molecule has 1 unspecified atom stereocenters. The molecule has 0 heterocycles. The van der Waals surface area contributed by atoms with Crippen molar-refractivity contribution in [3.63, 3.8) is 0 Å². The molecule has 1 atom stereocenters. The van der Waals surface area contributed by atoms with Gasteiger partial charge < -0.3 is 19.5 Å². The average Bonchev–Trinajstić information content (AvgIpc) is 2.45. The Hall–Kier alpha value is -1.88. The van der Waals surface area contributed by atoms with E-state index in [0.29, 0.717) is 6.42 Å². The fourth-order valence-electron chi connectivity index (χ4n) is 2.82. The third kappa shape index (κ3) is 8.68. The molecular weight excluding hydrogens is 318 g/mol. The largest absolute Gasteiger partial charge is 0.549 e. The highest BCUT2D eigenvalue weighted by atomic mass is 16.4. The van der Waals surface area contributed by atoms with Crippen molar-refractivity contribution >= 4 is 11.9 Å². The summed E-state index contributed by atoms with van der Waals surface area (Å²) in [5, 5.41) is 19.8. The Morgan fingerprint density at radius 2 is 1.68 bits per heavy atom. The number of hydrogen-bond acceptors (Lipinski definition) is 3. The van der Waals surface area contributed by atoms with Gasteiger partial charge in [-0.1, -0.05) is 57.5 Å². The van der Waals surface area contributed by atoms with Gasteiger partial charge in [-0.25, -0.2) is 0 Å². The predicted molar refractivity (Wildman–Crippen MR) is 97.6 cm³/mol. The minimum atomic E-state index is -1.71. The van der Waals surface area contributed by atoms with Crippen LogP contribution in [0.5, 0.6) is 0 Å². The molecule has 0 aliphatic heterocycles. The van der Waals surface area contributed by atoms with Gasteiger partial charge in [0.25, 0.3) is 0 Å². The number of carboxylic acid groups (broad SMARTS) is 2. The standard InChI is InChI=1S/C10H16N.C10H18O4/c1-11(2,3)9-10-7-5-4-6-8-10;1-4-5-10(8(11)12,9(13)14)6-7(2)3/h4-8H,9H2,1-3H3;7H,4-6H2,1-3H3,(H,11,12)(H,13,14)/q+1;/p-1. The molecule has 0 spiro atoms. The molecular formula is C20H33NO4. The van der Waals surface area contributed by atoms with Crippen LogP contribution >= 0.6 is 0 Å². The molecule has 1 aromatic rings. The van der Waals surface area contributed by atoms with Crippen LogP contribution in [0, 0.1) is 11.3 Å². The number of benzene rings is 1. The van der Waals surface area contributed by atoms with Crippen molar-refractivity contribution in [1.29, 1.82) is 0 Å². The fourth-order valence-corrected chi connectivity index (χ4v) is 2.82. The van der Waals surface area contributed by atoms with Gasteiger partial charge >= 0.3 is 5.97 Å². The van der Waals surface area contributed by atoms with Crippen molar-refractivity contribution < 1.29 is 24.3 Å². The van der Waals surface area contributed by atoms with Gasteiger partial charge in [-0.2, -0.15) is 0 Å². The van der Waals surface area contributed by atoms with E-state index in [4.69, 9.17) is 5.11 Å². The number of quaternary nitrogens is 1. The Kier molecular flexibility index (Phi) is 9.42. The Bertz CT molecular complexity index is 518. The smallest absolute Gasteiger partial charge is 0.315 e. The lowest BCUT2D eigenvalue weighted by molar-refractivity contribution is -0.884. The molecule has 0 aromatic heterocycles. The summed E-state index contributed by atoms with van der Waals surface area (Å²) < 4.78 is 0.990. The monoisotopic (exact) mass is 351 g/mol. The molecule has 0 amide bonds. The number of hydrogen-bond donors (Lipinski definition) is 1. The Labute approximate surface area is 151 Å². The maximum Gasteiger partial charge on any atom is 0.315 e. The van der Waals surface area contributed by atoms with E-state index in [1.54, 1.807) is 20.8 Å². The van der Waals surface area contributed by atoms with Gasteiger partial charge in [0.2, 0.25) is 0 Å². The Balaban J connectivity index is 0.000000472. The van der Waals surface area contributed by atoms with E-state index in [2.05, 4.69) is 51.5 Å². The summed E-state index contributed by atoms with van der Waals surface area (Å²) in [5.41, 5.74) is -0.303. The van der Waals surface area contributed by atoms with Crippen LogP contribution in [-0.4, -0.2) is 42.7 Å². The highest BCUT2D eigenvalue weighted by molar-refractivity contribution is 5.97. The van der Waals surface area contributed by atoms with E-state index < -0.39 is 17.4 Å². The molecule has 0 aliphatic rings. The van der Waals surface area contributed by atoms with Crippen LogP contribution in [0.2, 0.25) is 0 Å². The lowest BCUT2D eigenvalue weighted by Gasteiger charge is -2.31. The van der Waals surface area contributed by atoms with Gasteiger partial charge in [-0.3, -0.25) is 4.79 Å². The van der Waals surface area contributed by atoms with E-state index in [1.165, 1.54) is 5.56 Å². The zero-order valence-electron chi connectivity index (χ0n) is 16.4. The Morgan fingerprint density at radius 1 is 1.16 bits per heavy atom. The molecule has 142 valence electrons. The summed E-state index contributed by atoms with van der Waals surface area (Å²) in [6.45, 7) is 6.47. The second kappa shape index (κ2) is 10.2. The number of carboxylic acids is 2. The first kappa shape index (κ1) is 23.1. The first-order valence-corrected chi connectivity index (χ1v) is 8.74. The van der Waals surface area contributed by atoms with Crippen molar-refractivity contribution in [2.45, 2.75) is 46.6 Å². The second-order valence-corrected chi connectivity index (χ2v) is 7.96. The van der Waals surface area contributed by atoms with Crippen LogP contribution in [0.3, 0.4) is 0 Å². The topological polar surface area (TPSA) is 77.4 Å². The lowest BCUT2D eigenvalue weighted by atomic mass is 9.76. The minimum Gasteiger partial charge on any atom is -0.549 e. The van der Waals surface area contributed by atoms with Crippen molar-refractivity contribution in [2.75, 3.05) is 21.1 Å². The van der Waals surface area contributed by atoms with Crippen LogP contribution in [0.1, 0.15) is 45.6 Å². The van der Waals surface area contributed by atoms with Crippen LogP contribution in [0.15, 0.2) is 30.3 Å². The molecule has 1 aromatic carbocycles. The van der Waals surface area contributed by atoms with E-state index in [1.807, 2.05) is 0 Å². The van der Waals surface area contributed by atoms with E-state index >= 15 is 0 Å². The van der Waals surface area contributed by atoms with Crippen LogP contribution in [0.4, 0.5) is 0 Å². The zero-order valence-corrected chi connectivity index (χ0v) is 16.4. The third-order valence-electron chi connectivity index (χ3n) is 3.73. The third-order valence-corrected chi connectivity index (χ3v) is 3.73. The van der Waals surface area contributed by atoms with Crippen LogP contribution < -0.4 is 5.11 Å². The number of rotatable bonds is 8. The average molecular weight is 351 g/mol. The van der Waals surface area contributed by atoms with Crippen molar-refractivity contribution in [3.8, 4) is 0 Å². The molecule has 25 heavy (non-hydrogen) atoms. The summed E-state index contributed by atoms with van der Waals surface area (Å²) in [4.78, 5) is 21.9. The van der Waals surface area contributed by atoms with Gasteiger partial charge in [0.05, 0.1) is 27.1 Å². The fraction of sp³-hybridized carbons (Fsp3) is 0.600. The first-order chi connectivity index (χ1) is 11.4. The maximum atomic E-state index is 11.0. The van der Waals surface area contributed by atoms with Crippen LogP contribution in [-0.2, 0) is 16.1 Å². The first-order valence-electron chi connectivity index (χ1n) is 8.74. The van der Waals surface area contributed by atoms with E-state index in [-0.39, 0.29) is 18.8 Å². The molecule has 5 heteroatoms. The molecule has 0 fully saturated rings. The number of nitrogens with zero attached hydrogens (tertiary/aromatic N) is 1. The van der Waals surface area contributed by atoms with E-state index in [0.717, 1.165) is 11.0 Å². The summed E-state index contributed by atoms with van der Waals surface area (Å²) in [6, 6.07) is 10.6. The molecule has 1 N–H and O–H groups in total. The molecule has 0 saturated carbocycles. The zero-order chi connectivity index (χ0) is 19.7. The van der Waals surface area contributed by atoms with Crippen molar-refractivity contribution in [2.24, 2.45) is 11.3 Å². The van der Waals surface area contributed by atoms with Crippen molar-refractivity contribution in [1.82, 2.24) is 0 Å². The van der Waals surface area contributed by atoms with Crippen LogP contribution in [0.25, 0.3) is 0 Å². The molecule has 0 aliphatic carbocycles. The SMILES string of the molecule is CCCC(CC(C)C)(C(=O)[O-])C(=O)O.C[N+](C)(C)Cc1ccccc1. The molecule has 0 bridgehead atoms. The Morgan fingerprint density at radius 3 is 2.00 bits per heavy atom. The van der Waals surface area contributed by atoms with Gasteiger partial charge in [0.1, 0.15) is 12.0 Å². The summed E-state index contributed by atoms with van der Waals surface area (Å²) in [6.07, 6.45) is 0.772. The second-order valence-electron chi connectivity index (χ2n) is 7.96. The minimum absolute atomic E-state index is 0.0237. The number of carbonyl (C=O) groups is 2. The maximum absolute atomic E-state index is 11.0. The highest BCUT2D eigenvalue weighted by Gasteiger charge is 2.39. The van der Waals surface area contributed by atoms with Gasteiger partial charge in [-0.15, -0.1) is 0 Å². The molecule has 0 radical (unpaired) electrons. The molecule has 0 saturated heterocycles. The van der Waals surface area contributed by atoms with Crippen molar-refractivity contribution in [3.05, 3.63) is 35.9 Å². The van der Waals surface area contributed by atoms with Gasteiger partial charge in [0.15, 0.2) is 0 Å². The lowest BCUT2D eigenvalue weighted by Crippen LogP contribution is -2.48. The van der Waals surface area contributed by atoms with Gasteiger partial charge in [-0.05, 0) is 18.8 Å².